The van der Waals surface area contributed by atoms with Crippen LogP contribution in [-0.2, 0) is 14.8 Å². The molecule has 144 valence electrons. The van der Waals surface area contributed by atoms with E-state index in [1.807, 2.05) is 0 Å². The van der Waals surface area contributed by atoms with Gasteiger partial charge in [-0.1, -0.05) is 29.3 Å². The molecule has 0 saturated heterocycles. The van der Waals surface area contributed by atoms with Crippen LogP contribution in [0.15, 0.2) is 42.5 Å². The van der Waals surface area contributed by atoms with E-state index < -0.39 is 26.9 Å². The molecule has 0 spiro atoms. The van der Waals surface area contributed by atoms with Crippen molar-refractivity contribution in [3.8, 4) is 0 Å². The van der Waals surface area contributed by atoms with E-state index in [1.165, 1.54) is 49.4 Å². The third-order valence-electron chi connectivity index (χ3n) is 3.51. The molecule has 0 heterocycles. The number of sulfonamides is 1. The highest BCUT2D eigenvalue weighted by Gasteiger charge is 2.30. The average molecular weight is 432 g/mol. The Hall–Kier alpha value is -2.36. The summed E-state index contributed by atoms with van der Waals surface area (Å²) in [5.74, 6) is -0.683. The number of nitro groups is 1. The van der Waals surface area contributed by atoms with Gasteiger partial charge in [0, 0.05) is 27.9 Å². The highest BCUT2D eigenvalue weighted by molar-refractivity contribution is 7.92. The van der Waals surface area contributed by atoms with Crippen LogP contribution in [0, 0.1) is 10.1 Å². The number of carbonyl (C=O) groups is 1. The summed E-state index contributed by atoms with van der Waals surface area (Å²) in [6.45, 7) is 1.38. The quantitative estimate of drug-likeness (QED) is 0.553. The third kappa shape index (κ3) is 5.31. The first-order chi connectivity index (χ1) is 12.5. The van der Waals surface area contributed by atoms with Gasteiger partial charge in [0.25, 0.3) is 5.69 Å². The van der Waals surface area contributed by atoms with E-state index in [4.69, 9.17) is 23.2 Å². The number of nitrogens with one attached hydrogen (secondary N) is 1. The van der Waals surface area contributed by atoms with Crippen LogP contribution >= 0.6 is 23.2 Å². The normalized spacial score (nSPS) is 12.3. The molecule has 8 nitrogen and oxygen atoms in total. The van der Waals surface area contributed by atoms with Crippen LogP contribution in [0.25, 0.3) is 0 Å². The summed E-state index contributed by atoms with van der Waals surface area (Å²) in [4.78, 5) is 22.8. The summed E-state index contributed by atoms with van der Waals surface area (Å²) in [6, 6.07) is 8.30. The molecule has 27 heavy (non-hydrogen) atoms. The Bertz CT molecular complexity index is 977. The molecule has 0 aromatic heterocycles. The Morgan fingerprint density at radius 2 is 1.78 bits per heavy atom. The molecule has 0 bridgehead atoms. The molecule has 2 aromatic rings. The molecule has 1 amide bonds. The minimum absolute atomic E-state index is 0.122. The van der Waals surface area contributed by atoms with Crippen molar-refractivity contribution in [1.29, 1.82) is 0 Å². The van der Waals surface area contributed by atoms with Gasteiger partial charge in [-0.2, -0.15) is 0 Å². The summed E-state index contributed by atoms with van der Waals surface area (Å²) < 4.78 is 25.4. The Labute approximate surface area is 165 Å². The van der Waals surface area contributed by atoms with E-state index in [1.54, 1.807) is 0 Å². The SMILES string of the molecule is C[C@@H](C(=O)Nc1cccc([N+](=O)[O-])c1)N(c1cc(Cl)cc(Cl)c1)S(C)(=O)=O. The minimum atomic E-state index is -3.86. The van der Waals surface area contributed by atoms with Crippen molar-refractivity contribution in [2.75, 3.05) is 15.9 Å². The minimum Gasteiger partial charge on any atom is -0.324 e. The van der Waals surface area contributed by atoms with Crippen molar-refractivity contribution < 1.29 is 18.1 Å². The summed E-state index contributed by atoms with van der Waals surface area (Å²) in [7, 11) is -3.86. The summed E-state index contributed by atoms with van der Waals surface area (Å²) in [5, 5.41) is 13.7. The zero-order valence-electron chi connectivity index (χ0n) is 14.2. The van der Waals surface area contributed by atoms with Crippen LogP contribution in [0.1, 0.15) is 6.92 Å². The molecule has 0 aliphatic carbocycles. The largest absolute Gasteiger partial charge is 0.324 e. The lowest BCUT2D eigenvalue weighted by Gasteiger charge is -2.28. The van der Waals surface area contributed by atoms with Gasteiger partial charge in [0.1, 0.15) is 6.04 Å². The fraction of sp³-hybridized carbons (Fsp3) is 0.188. The first-order valence-corrected chi connectivity index (χ1v) is 10.1. The molecule has 0 aliphatic rings. The molecule has 2 aromatic carbocycles. The van der Waals surface area contributed by atoms with Crippen LogP contribution in [0.4, 0.5) is 17.1 Å². The second-order valence-corrected chi connectivity index (χ2v) is 8.39. The monoisotopic (exact) mass is 431 g/mol. The Kier molecular flexibility index (Phi) is 6.30. The van der Waals surface area contributed by atoms with Gasteiger partial charge in [0.2, 0.25) is 15.9 Å². The van der Waals surface area contributed by atoms with Gasteiger partial charge in [-0.05, 0) is 31.2 Å². The van der Waals surface area contributed by atoms with Crippen molar-refractivity contribution >= 4 is 56.2 Å². The number of hydrogen-bond acceptors (Lipinski definition) is 5. The molecule has 11 heteroatoms. The van der Waals surface area contributed by atoms with Crippen LogP contribution < -0.4 is 9.62 Å². The van der Waals surface area contributed by atoms with E-state index in [2.05, 4.69) is 5.32 Å². The van der Waals surface area contributed by atoms with Gasteiger partial charge in [-0.3, -0.25) is 19.2 Å². The van der Waals surface area contributed by atoms with Crippen LogP contribution in [0.3, 0.4) is 0 Å². The summed E-state index contributed by atoms with van der Waals surface area (Å²) in [6.07, 6.45) is 0.943. The highest BCUT2D eigenvalue weighted by atomic mass is 35.5. The first-order valence-electron chi connectivity index (χ1n) is 7.50. The molecular formula is C16H15Cl2N3O5S. The van der Waals surface area contributed by atoms with Crippen molar-refractivity contribution in [3.63, 3.8) is 0 Å². The first kappa shape index (κ1) is 20.9. The maximum atomic E-state index is 12.6. The van der Waals surface area contributed by atoms with Gasteiger partial charge in [-0.15, -0.1) is 0 Å². The number of benzene rings is 2. The van der Waals surface area contributed by atoms with Gasteiger partial charge in [0.05, 0.1) is 16.9 Å². The Morgan fingerprint density at radius 1 is 1.19 bits per heavy atom. The summed E-state index contributed by atoms with van der Waals surface area (Å²) >= 11 is 11.9. The fourth-order valence-electron chi connectivity index (χ4n) is 2.42. The van der Waals surface area contributed by atoms with Crippen LogP contribution in [0.2, 0.25) is 10.0 Å². The molecule has 0 fully saturated rings. The lowest BCUT2D eigenvalue weighted by atomic mass is 10.2. The standard InChI is InChI=1S/C16H15Cl2N3O5S/c1-10(16(22)19-13-4-3-5-14(9-13)21(23)24)20(27(2,25)26)15-7-11(17)6-12(18)8-15/h3-10H,1-2H3,(H,19,22)/t10-/m0/s1. The van der Waals surface area contributed by atoms with Gasteiger partial charge >= 0.3 is 0 Å². The molecule has 2 rings (SSSR count). The molecule has 0 radical (unpaired) electrons. The lowest BCUT2D eigenvalue weighted by Crippen LogP contribution is -2.45. The molecule has 0 aliphatic heterocycles. The Balaban J connectivity index is 2.35. The van der Waals surface area contributed by atoms with Gasteiger partial charge < -0.3 is 5.32 Å². The number of hydrogen-bond donors (Lipinski definition) is 1. The maximum absolute atomic E-state index is 12.6. The average Bonchev–Trinajstić information content (AvgIpc) is 2.52. The van der Waals surface area contributed by atoms with Crippen LogP contribution in [0.5, 0.6) is 0 Å². The number of nitro benzene ring substituents is 1. The predicted octanol–water partition coefficient (Wildman–Crippen LogP) is 3.69. The molecule has 0 saturated carbocycles. The summed E-state index contributed by atoms with van der Waals surface area (Å²) in [5.41, 5.74) is 0.0809. The van der Waals surface area contributed by atoms with E-state index in [0.717, 1.165) is 10.6 Å². The molecular weight excluding hydrogens is 417 g/mol. The number of halogens is 2. The number of non-ortho nitro benzene ring substituents is 1. The third-order valence-corrected chi connectivity index (χ3v) is 5.19. The number of anilines is 2. The van der Waals surface area contributed by atoms with Gasteiger partial charge in [0.15, 0.2) is 0 Å². The van der Waals surface area contributed by atoms with Gasteiger partial charge in [-0.25, -0.2) is 8.42 Å². The maximum Gasteiger partial charge on any atom is 0.271 e. The topological polar surface area (TPSA) is 110 Å². The fourth-order valence-corrected chi connectivity index (χ4v) is 4.09. The Morgan fingerprint density at radius 3 is 2.30 bits per heavy atom. The predicted molar refractivity (Wildman–Crippen MR) is 105 cm³/mol. The second kappa shape index (κ2) is 8.12. The highest BCUT2D eigenvalue weighted by Crippen LogP contribution is 2.29. The number of amides is 1. The van der Waals surface area contributed by atoms with E-state index in [-0.39, 0.29) is 27.1 Å². The smallest absolute Gasteiger partial charge is 0.271 e. The van der Waals surface area contributed by atoms with E-state index in [9.17, 15) is 23.3 Å². The van der Waals surface area contributed by atoms with Crippen molar-refractivity contribution in [2.24, 2.45) is 0 Å². The van der Waals surface area contributed by atoms with Crippen molar-refractivity contribution in [3.05, 3.63) is 62.6 Å². The second-order valence-electron chi connectivity index (χ2n) is 5.66. The van der Waals surface area contributed by atoms with Crippen molar-refractivity contribution in [2.45, 2.75) is 13.0 Å². The zero-order valence-corrected chi connectivity index (χ0v) is 16.5. The molecule has 1 N–H and O–H groups in total. The van der Waals surface area contributed by atoms with E-state index >= 15 is 0 Å². The van der Waals surface area contributed by atoms with E-state index in [0.29, 0.717) is 0 Å². The lowest BCUT2D eigenvalue weighted by molar-refractivity contribution is -0.384. The number of carbonyl (C=O) groups excluding carboxylic acids is 1. The van der Waals surface area contributed by atoms with Crippen molar-refractivity contribution in [1.82, 2.24) is 0 Å². The number of nitrogens with zero attached hydrogens (tertiary/aromatic N) is 2. The molecule has 0 unspecified atom stereocenters. The number of rotatable bonds is 6. The zero-order chi connectivity index (χ0) is 20.4. The van der Waals surface area contributed by atoms with Crippen LogP contribution in [-0.4, -0.2) is 31.5 Å². The molecule has 1 atom stereocenters.